The normalized spacial score (nSPS) is 14.4. The molecular formula is C41H81NO5. The number of aliphatic hydroxyl groups excluding tert-OH is 4. The van der Waals surface area contributed by atoms with Crippen molar-refractivity contribution in [3.8, 4) is 0 Å². The molecule has 0 radical (unpaired) electrons. The van der Waals surface area contributed by atoms with E-state index in [0.29, 0.717) is 12.8 Å². The third-order valence-electron chi connectivity index (χ3n) is 9.73. The number of carbonyl (C=O) groups excluding carboxylic acids is 1. The summed E-state index contributed by atoms with van der Waals surface area (Å²) in [7, 11) is 0. The van der Waals surface area contributed by atoms with Gasteiger partial charge in [0.15, 0.2) is 0 Å². The maximum atomic E-state index is 12.4. The van der Waals surface area contributed by atoms with E-state index < -0.39 is 36.9 Å². The van der Waals surface area contributed by atoms with Crippen molar-refractivity contribution in [2.75, 3.05) is 6.61 Å². The summed E-state index contributed by atoms with van der Waals surface area (Å²) < 4.78 is 0. The molecule has 0 bridgehead atoms. The number of carbonyl (C=O) groups is 1. The van der Waals surface area contributed by atoms with E-state index in [2.05, 4.69) is 31.3 Å². The quantitative estimate of drug-likeness (QED) is 0.0335. The second kappa shape index (κ2) is 36.3. The highest BCUT2D eigenvalue weighted by Gasteiger charge is 2.28. The van der Waals surface area contributed by atoms with Gasteiger partial charge in [-0.25, -0.2) is 0 Å². The summed E-state index contributed by atoms with van der Waals surface area (Å²) >= 11 is 0. The molecule has 0 aromatic carbocycles. The van der Waals surface area contributed by atoms with Gasteiger partial charge in [0, 0.05) is 0 Å². The lowest BCUT2D eigenvalue weighted by molar-refractivity contribution is -0.132. The topological polar surface area (TPSA) is 110 Å². The van der Waals surface area contributed by atoms with E-state index in [-0.39, 0.29) is 0 Å². The molecule has 4 unspecified atom stereocenters. The van der Waals surface area contributed by atoms with Crippen molar-refractivity contribution >= 4 is 5.91 Å². The molecular weight excluding hydrogens is 586 g/mol. The van der Waals surface area contributed by atoms with Crippen LogP contribution in [0.25, 0.3) is 0 Å². The molecule has 5 N–H and O–H groups in total. The zero-order valence-electron chi connectivity index (χ0n) is 31.3. The summed E-state index contributed by atoms with van der Waals surface area (Å²) in [5, 5.41) is 43.4. The molecule has 0 saturated heterocycles. The first kappa shape index (κ1) is 46.0. The summed E-state index contributed by atoms with van der Waals surface area (Å²) in [5.41, 5.74) is 0. The molecule has 0 fully saturated rings. The van der Waals surface area contributed by atoms with E-state index in [4.69, 9.17) is 0 Å². The molecule has 0 spiro atoms. The molecule has 280 valence electrons. The summed E-state index contributed by atoms with van der Waals surface area (Å²) in [4.78, 5) is 12.4. The molecule has 0 saturated carbocycles. The Morgan fingerprint density at radius 2 is 0.872 bits per heavy atom. The van der Waals surface area contributed by atoms with Crippen LogP contribution in [0.5, 0.6) is 0 Å². The summed E-state index contributed by atoms with van der Waals surface area (Å²) in [6, 6.07) is -0.995. The molecule has 0 rings (SSSR count). The number of amides is 1. The number of unbranched alkanes of at least 4 members (excludes halogenated alkanes) is 26. The average molecular weight is 668 g/mol. The van der Waals surface area contributed by atoms with Crippen molar-refractivity contribution in [1.29, 1.82) is 0 Å². The highest BCUT2D eigenvalue weighted by molar-refractivity contribution is 5.80. The van der Waals surface area contributed by atoms with E-state index in [1.165, 1.54) is 148 Å². The van der Waals surface area contributed by atoms with Gasteiger partial charge in [-0.3, -0.25) is 4.79 Å². The van der Waals surface area contributed by atoms with Crippen LogP contribution in [0, 0.1) is 0 Å². The Kier molecular flexibility index (Phi) is 35.6. The number of aliphatic hydroxyl groups is 4. The first-order valence-corrected chi connectivity index (χ1v) is 20.6. The number of hydrogen-bond acceptors (Lipinski definition) is 5. The van der Waals surface area contributed by atoms with Gasteiger partial charge >= 0.3 is 0 Å². The van der Waals surface area contributed by atoms with E-state index in [1.807, 2.05) is 0 Å². The van der Waals surface area contributed by atoms with Crippen molar-refractivity contribution in [2.24, 2.45) is 0 Å². The minimum atomic E-state index is -1.28. The van der Waals surface area contributed by atoms with Crippen molar-refractivity contribution in [1.82, 2.24) is 5.32 Å². The molecule has 0 aromatic rings. The van der Waals surface area contributed by atoms with Crippen molar-refractivity contribution in [3.05, 3.63) is 12.2 Å². The van der Waals surface area contributed by atoms with Crippen LogP contribution in [0.3, 0.4) is 0 Å². The van der Waals surface area contributed by atoms with Crippen molar-refractivity contribution in [2.45, 2.75) is 237 Å². The van der Waals surface area contributed by atoms with Crippen LogP contribution in [-0.4, -0.2) is 57.3 Å². The van der Waals surface area contributed by atoms with E-state index >= 15 is 0 Å². The predicted molar refractivity (Wildman–Crippen MR) is 201 cm³/mol. The Hall–Kier alpha value is -0.950. The first-order chi connectivity index (χ1) is 23.0. The SMILES string of the molecule is CCCCCCCCCCCCCCCCCCC/C=C/CCCC(O)C(O)C(CO)NC(=O)C(O)CCCCCCCCCCC. The van der Waals surface area contributed by atoms with Crippen LogP contribution in [0.4, 0.5) is 0 Å². The summed E-state index contributed by atoms with van der Waals surface area (Å²) in [6.45, 7) is 4.01. The smallest absolute Gasteiger partial charge is 0.249 e. The van der Waals surface area contributed by atoms with Gasteiger partial charge in [-0.2, -0.15) is 0 Å². The highest BCUT2D eigenvalue weighted by atomic mass is 16.3. The molecule has 1 amide bonds. The van der Waals surface area contributed by atoms with Crippen molar-refractivity contribution < 1.29 is 25.2 Å². The minimum absolute atomic E-state index is 0.365. The molecule has 6 heteroatoms. The second-order valence-electron chi connectivity index (χ2n) is 14.3. The minimum Gasteiger partial charge on any atom is -0.394 e. The maximum absolute atomic E-state index is 12.4. The van der Waals surface area contributed by atoms with Gasteiger partial charge in [0.1, 0.15) is 12.2 Å². The number of hydrogen-bond donors (Lipinski definition) is 5. The third-order valence-corrected chi connectivity index (χ3v) is 9.73. The zero-order valence-corrected chi connectivity index (χ0v) is 31.3. The molecule has 0 aliphatic heterocycles. The highest BCUT2D eigenvalue weighted by Crippen LogP contribution is 2.16. The molecule has 0 aromatic heterocycles. The second-order valence-corrected chi connectivity index (χ2v) is 14.3. The number of allylic oxidation sites excluding steroid dienone is 2. The molecule has 0 heterocycles. The van der Waals surface area contributed by atoms with Gasteiger partial charge in [-0.1, -0.05) is 187 Å². The number of rotatable bonds is 37. The number of nitrogens with one attached hydrogen (secondary N) is 1. The van der Waals surface area contributed by atoms with Crippen LogP contribution in [0.15, 0.2) is 12.2 Å². The van der Waals surface area contributed by atoms with Crippen LogP contribution >= 0.6 is 0 Å². The lowest BCUT2D eigenvalue weighted by Crippen LogP contribution is -2.53. The van der Waals surface area contributed by atoms with Gasteiger partial charge < -0.3 is 25.7 Å². The average Bonchev–Trinajstić information content (AvgIpc) is 3.07. The van der Waals surface area contributed by atoms with E-state index in [1.54, 1.807) is 0 Å². The van der Waals surface area contributed by atoms with Crippen LogP contribution < -0.4 is 5.32 Å². The lowest BCUT2D eigenvalue weighted by atomic mass is 10.00. The van der Waals surface area contributed by atoms with Crippen LogP contribution in [0.1, 0.15) is 213 Å². The third kappa shape index (κ3) is 30.8. The molecule has 4 atom stereocenters. The molecule has 0 aliphatic carbocycles. The summed E-state index contributed by atoms with van der Waals surface area (Å²) in [5.74, 6) is -0.595. The van der Waals surface area contributed by atoms with E-state index in [0.717, 1.165) is 38.5 Å². The first-order valence-electron chi connectivity index (χ1n) is 20.6. The molecule has 47 heavy (non-hydrogen) atoms. The summed E-state index contributed by atoms with van der Waals surface area (Å²) in [6.07, 6.45) is 38.3. The van der Waals surface area contributed by atoms with Gasteiger partial charge in [-0.15, -0.1) is 0 Å². The zero-order chi connectivity index (χ0) is 34.6. The Labute approximate surface area is 292 Å². The fourth-order valence-corrected chi connectivity index (χ4v) is 6.40. The monoisotopic (exact) mass is 668 g/mol. The molecule has 0 aliphatic rings. The van der Waals surface area contributed by atoms with Gasteiger partial charge in [0.2, 0.25) is 5.91 Å². The van der Waals surface area contributed by atoms with Crippen molar-refractivity contribution in [3.63, 3.8) is 0 Å². The molecule has 6 nitrogen and oxygen atoms in total. The fraction of sp³-hybridized carbons (Fsp3) is 0.927. The van der Waals surface area contributed by atoms with Gasteiger partial charge in [0.25, 0.3) is 0 Å². The van der Waals surface area contributed by atoms with Crippen LogP contribution in [-0.2, 0) is 4.79 Å². The predicted octanol–water partition coefficient (Wildman–Crippen LogP) is 10.2. The Morgan fingerprint density at radius 3 is 1.28 bits per heavy atom. The maximum Gasteiger partial charge on any atom is 0.249 e. The fourth-order valence-electron chi connectivity index (χ4n) is 6.40. The van der Waals surface area contributed by atoms with Gasteiger partial charge in [0.05, 0.1) is 18.8 Å². The van der Waals surface area contributed by atoms with Crippen LogP contribution in [0.2, 0.25) is 0 Å². The standard InChI is InChI=1S/C41H81NO5/c1-3-5-7-9-11-13-14-15-16-17-18-19-20-21-22-23-24-25-27-28-30-32-34-38(44)40(46)37(36-43)42-41(47)39(45)35-33-31-29-26-12-10-8-6-4-2/h27-28,37-40,43-46H,3-26,29-36H2,1-2H3,(H,42,47)/b28-27+. The Balaban J connectivity index is 3.72. The Morgan fingerprint density at radius 1 is 0.511 bits per heavy atom. The van der Waals surface area contributed by atoms with Gasteiger partial charge in [-0.05, 0) is 38.5 Å². The lowest BCUT2D eigenvalue weighted by Gasteiger charge is -2.27. The largest absolute Gasteiger partial charge is 0.394 e. The Bertz CT molecular complexity index is 672. The van der Waals surface area contributed by atoms with E-state index in [9.17, 15) is 25.2 Å².